The molecule has 1 aromatic carbocycles. The van der Waals surface area contributed by atoms with E-state index >= 15 is 0 Å². The lowest BCUT2D eigenvalue weighted by Gasteiger charge is -2.10. The first-order valence-electron chi connectivity index (χ1n) is 8.82. The summed E-state index contributed by atoms with van der Waals surface area (Å²) in [6.45, 7) is 0. The van der Waals surface area contributed by atoms with Crippen LogP contribution in [0.3, 0.4) is 0 Å². The average Bonchev–Trinajstić information content (AvgIpc) is 3.40. The second-order valence-corrected chi connectivity index (χ2v) is 9.95. The zero-order valence-electron chi connectivity index (χ0n) is 15.3. The molecule has 1 aliphatic rings. The standard InChI is InChI=1S/C18H15F3N4O3S2/c19-18(20,21)11-3-1-4-13(9-11)25-16(14-5-2-7-29-14)23-15(24-25)17(26)22-12-6-8-30(27,28)10-12/h1-5,7,9,12H,6,8,10H2,(H,22,26). The molecule has 1 N–H and O–H groups in total. The third-order valence-electron chi connectivity index (χ3n) is 4.54. The molecule has 3 aromatic rings. The monoisotopic (exact) mass is 456 g/mol. The van der Waals surface area contributed by atoms with E-state index in [0.717, 1.165) is 12.1 Å². The van der Waals surface area contributed by atoms with Gasteiger partial charge in [0.15, 0.2) is 15.7 Å². The van der Waals surface area contributed by atoms with Crippen molar-refractivity contribution in [3.63, 3.8) is 0 Å². The van der Waals surface area contributed by atoms with Gasteiger partial charge in [0, 0.05) is 6.04 Å². The minimum atomic E-state index is -4.53. The molecular formula is C18H15F3N4O3S2. The minimum Gasteiger partial charge on any atom is -0.345 e. The number of hydrogen-bond acceptors (Lipinski definition) is 6. The molecule has 0 aliphatic carbocycles. The number of sulfone groups is 1. The number of carbonyl (C=O) groups excluding carboxylic acids is 1. The molecule has 1 fully saturated rings. The lowest BCUT2D eigenvalue weighted by atomic mass is 10.2. The Balaban J connectivity index is 1.71. The van der Waals surface area contributed by atoms with Crippen molar-refractivity contribution in [2.45, 2.75) is 18.6 Å². The molecular weight excluding hydrogens is 441 g/mol. The second-order valence-electron chi connectivity index (χ2n) is 6.77. The van der Waals surface area contributed by atoms with Gasteiger partial charge < -0.3 is 5.32 Å². The number of thiophene rings is 1. The number of aromatic nitrogens is 3. The van der Waals surface area contributed by atoms with Gasteiger partial charge in [0.25, 0.3) is 5.91 Å². The molecule has 30 heavy (non-hydrogen) atoms. The van der Waals surface area contributed by atoms with Crippen molar-refractivity contribution in [1.82, 2.24) is 20.1 Å². The molecule has 0 saturated carbocycles. The van der Waals surface area contributed by atoms with Gasteiger partial charge in [0.05, 0.1) is 27.6 Å². The zero-order valence-corrected chi connectivity index (χ0v) is 16.9. The van der Waals surface area contributed by atoms with E-state index in [4.69, 9.17) is 0 Å². The van der Waals surface area contributed by atoms with E-state index in [2.05, 4.69) is 15.4 Å². The number of alkyl halides is 3. The fraction of sp³-hybridized carbons (Fsp3) is 0.278. The van der Waals surface area contributed by atoms with Crippen LogP contribution in [0.15, 0.2) is 41.8 Å². The first-order chi connectivity index (χ1) is 14.1. The maximum Gasteiger partial charge on any atom is 0.416 e. The quantitative estimate of drug-likeness (QED) is 0.652. The maximum absolute atomic E-state index is 13.1. The number of hydrogen-bond donors (Lipinski definition) is 1. The van der Waals surface area contributed by atoms with Gasteiger partial charge >= 0.3 is 6.18 Å². The maximum atomic E-state index is 13.1. The number of carbonyl (C=O) groups is 1. The molecule has 1 atom stereocenters. The topological polar surface area (TPSA) is 94.0 Å². The number of benzene rings is 1. The van der Waals surface area contributed by atoms with Gasteiger partial charge in [0.1, 0.15) is 0 Å². The van der Waals surface area contributed by atoms with Crippen LogP contribution >= 0.6 is 11.3 Å². The molecule has 0 bridgehead atoms. The van der Waals surface area contributed by atoms with Crippen molar-refractivity contribution in [3.8, 4) is 16.4 Å². The zero-order chi connectivity index (χ0) is 21.5. The average molecular weight is 456 g/mol. The Bertz CT molecular complexity index is 1190. The van der Waals surface area contributed by atoms with Crippen LogP contribution in [-0.2, 0) is 16.0 Å². The molecule has 1 unspecified atom stereocenters. The van der Waals surface area contributed by atoms with Crippen LogP contribution < -0.4 is 5.32 Å². The molecule has 3 heterocycles. The normalized spacial score (nSPS) is 18.4. The van der Waals surface area contributed by atoms with Crippen molar-refractivity contribution in [1.29, 1.82) is 0 Å². The lowest BCUT2D eigenvalue weighted by Crippen LogP contribution is -2.36. The van der Waals surface area contributed by atoms with E-state index in [9.17, 15) is 26.4 Å². The first kappa shape index (κ1) is 20.5. The van der Waals surface area contributed by atoms with E-state index in [0.29, 0.717) is 11.3 Å². The number of rotatable bonds is 4. The SMILES string of the molecule is O=C(NC1CCS(=O)(=O)C1)c1nc(-c2cccs2)n(-c2cccc(C(F)(F)F)c2)n1. The number of amides is 1. The van der Waals surface area contributed by atoms with Crippen LogP contribution in [0.4, 0.5) is 13.2 Å². The second kappa shape index (κ2) is 7.51. The summed E-state index contributed by atoms with van der Waals surface area (Å²) in [5.74, 6) is -0.885. The predicted octanol–water partition coefficient (Wildman–Crippen LogP) is 2.93. The highest BCUT2D eigenvalue weighted by atomic mass is 32.2. The Hall–Kier alpha value is -2.73. The number of halogens is 3. The molecule has 2 aromatic heterocycles. The highest BCUT2D eigenvalue weighted by molar-refractivity contribution is 7.91. The Kier molecular flexibility index (Phi) is 5.14. The molecule has 12 heteroatoms. The first-order valence-corrected chi connectivity index (χ1v) is 11.5. The lowest BCUT2D eigenvalue weighted by molar-refractivity contribution is -0.137. The smallest absolute Gasteiger partial charge is 0.345 e. The number of nitrogens with zero attached hydrogens (tertiary/aromatic N) is 3. The van der Waals surface area contributed by atoms with Gasteiger partial charge in [-0.15, -0.1) is 16.4 Å². The van der Waals surface area contributed by atoms with Crippen LogP contribution in [0.1, 0.15) is 22.6 Å². The summed E-state index contributed by atoms with van der Waals surface area (Å²) < 4.78 is 63.7. The van der Waals surface area contributed by atoms with Crippen molar-refractivity contribution < 1.29 is 26.4 Å². The summed E-state index contributed by atoms with van der Waals surface area (Å²) >= 11 is 1.30. The molecule has 0 radical (unpaired) electrons. The Morgan fingerprint density at radius 3 is 2.67 bits per heavy atom. The third kappa shape index (κ3) is 4.24. The number of nitrogens with one attached hydrogen (secondary N) is 1. The summed E-state index contributed by atoms with van der Waals surface area (Å²) in [5.41, 5.74) is -0.752. The van der Waals surface area contributed by atoms with Crippen molar-refractivity contribution in [3.05, 3.63) is 53.2 Å². The molecule has 0 spiro atoms. The van der Waals surface area contributed by atoms with Gasteiger partial charge in [-0.2, -0.15) is 13.2 Å². The Morgan fingerprint density at radius 2 is 2.03 bits per heavy atom. The highest BCUT2D eigenvalue weighted by Gasteiger charge is 2.32. The van der Waals surface area contributed by atoms with Gasteiger partial charge in [0.2, 0.25) is 5.82 Å². The summed E-state index contributed by atoms with van der Waals surface area (Å²) in [4.78, 5) is 17.4. The van der Waals surface area contributed by atoms with Gasteiger partial charge in [-0.3, -0.25) is 4.79 Å². The summed E-state index contributed by atoms with van der Waals surface area (Å²) in [6, 6.07) is 7.47. The van der Waals surface area contributed by atoms with Crippen LogP contribution in [0.5, 0.6) is 0 Å². The third-order valence-corrected chi connectivity index (χ3v) is 7.17. The van der Waals surface area contributed by atoms with Crippen LogP contribution in [0.25, 0.3) is 16.4 Å². The molecule has 4 rings (SSSR count). The van der Waals surface area contributed by atoms with Crippen LogP contribution in [-0.4, -0.2) is 46.6 Å². The van der Waals surface area contributed by atoms with Gasteiger partial charge in [-0.25, -0.2) is 18.1 Å². The highest BCUT2D eigenvalue weighted by Crippen LogP contribution is 2.32. The van der Waals surface area contributed by atoms with Crippen molar-refractivity contribution >= 4 is 27.1 Å². The van der Waals surface area contributed by atoms with Gasteiger partial charge in [-0.1, -0.05) is 12.1 Å². The Labute approximate surface area is 173 Å². The van der Waals surface area contributed by atoms with Crippen LogP contribution in [0.2, 0.25) is 0 Å². The molecule has 1 aliphatic heterocycles. The fourth-order valence-corrected chi connectivity index (χ4v) is 5.50. The van der Waals surface area contributed by atoms with E-state index < -0.39 is 33.5 Å². The molecule has 1 amide bonds. The molecule has 7 nitrogen and oxygen atoms in total. The van der Waals surface area contributed by atoms with Crippen molar-refractivity contribution in [2.24, 2.45) is 0 Å². The molecule has 1 saturated heterocycles. The largest absolute Gasteiger partial charge is 0.416 e. The van der Waals surface area contributed by atoms with E-state index in [-0.39, 0.29) is 28.8 Å². The predicted molar refractivity (Wildman–Crippen MR) is 104 cm³/mol. The van der Waals surface area contributed by atoms with Crippen LogP contribution in [0, 0.1) is 0 Å². The minimum absolute atomic E-state index is 0.00943. The Morgan fingerprint density at radius 1 is 1.23 bits per heavy atom. The summed E-state index contributed by atoms with van der Waals surface area (Å²) in [6.07, 6.45) is -4.24. The van der Waals surface area contributed by atoms with E-state index in [1.807, 2.05) is 0 Å². The van der Waals surface area contributed by atoms with E-state index in [1.54, 1.807) is 17.5 Å². The van der Waals surface area contributed by atoms with E-state index in [1.165, 1.54) is 28.2 Å². The summed E-state index contributed by atoms with van der Waals surface area (Å²) in [7, 11) is -3.19. The van der Waals surface area contributed by atoms with Gasteiger partial charge in [-0.05, 0) is 36.1 Å². The summed E-state index contributed by atoms with van der Waals surface area (Å²) in [5, 5.41) is 8.48. The van der Waals surface area contributed by atoms with Crippen molar-refractivity contribution in [2.75, 3.05) is 11.5 Å². The molecule has 158 valence electrons. The fourth-order valence-electron chi connectivity index (χ4n) is 3.13.